The fraction of sp³-hybridized carbons (Fsp3) is 0.200. The average Bonchev–Trinajstić information content (AvgIpc) is 2.95. The number of sulfonamides is 1. The van der Waals surface area contributed by atoms with Crippen LogP contribution in [0.4, 0.5) is 0 Å². The van der Waals surface area contributed by atoms with Gasteiger partial charge in [0.2, 0.25) is 0 Å². The van der Waals surface area contributed by atoms with Gasteiger partial charge in [-0.25, -0.2) is 8.42 Å². The van der Waals surface area contributed by atoms with E-state index in [1.165, 1.54) is 11.4 Å². The summed E-state index contributed by atoms with van der Waals surface area (Å²) in [5, 5.41) is 20.0. The number of hydrogen-bond acceptors (Lipinski definition) is 5. The third-order valence-corrected chi connectivity index (χ3v) is 7.15. The maximum absolute atomic E-state index is 12.7. The monoisotopic (exact) mass is 348 g/mol. The minimum absolute atomic E-state index is 0.0438. The van der Waals surface area contributed by atoms with Crippen LogP contribution < -0.4 is 0 Å². The van der Waals surface area contributed by atoms with E-state index in [1.807, 2.05) is 12.1 Å². The summed E-state index contributed by atoms with van der Waals surface area (Å²) in [5.41, 5.74) is 0.834. The summed E-state index contributed by atoms with van der Waals surface area (Å²) in [7, 11) is -3.99. The van der Waals surface area contributed by atoms with Gasteiger partial charge in [0.15, 0.2) is 4.21 Å². The van der Waals surface area contributed by atoms with Crippen molar-refractivity contribution in [2.45, 2.75) is 16.2 Å². The highest BCUT2D eigenvalue weighted by Crippen LogP contribution is 2.40. The van der Waals surface area contributed by atoms with E-state index in [0.717, 1.165) is 21.2 Å². The first-order chi connectivity index (χ1) is 11.0. The van der Waals surface area contributed by atoms with E-state index in [1.54, 1.807) is 24.3 Å². The molecule has 0 saturated carbocycles. The second kappa shape index (κ2) is 5.77. The molecule has 2 heterocycles. The van der Waals surface area contributed by atoms with Gasteiger partial charge < -0.3 is 5.11 Å². The maximum atomic E-state index is 12.7. The molecule has 0 amide bonds. The topological polar surface area (TPSA) is 98.5 Å². The molecule has 23 heavy (non-hydrogen) atoms. The Balaban J connectivity index is 1.96. The van der Waals surface area contributed by atoms with Crippen molar-refractivity contribution in [3.63, 3.8) is 0 Å². The molecule has 8 heteroatoms. The van der Waals surface area contributed by atoms with Gasteiger partial charge in [-0.05, 0) is 17.0 Å². The first kappa shape index (κ1) is 15.7. The van der Waals surface area contributed by atoms with E-state index in [9.17, 15) is 18.3 Å². The zero-order chi connectivity index (χ0) is 16.6. The molecule has 1 aliphatic heterocycles. The lowest BCUT2D eigenvalue weighted by Gasteiger charge is -2.44. The minimum atomic E-state index is -3.99. The summed E-state index contributed by atoms with van der Waals surface area (Å²) in [5.74, 6) is -1.59. The van der Waals surface area contributed by atoms with Gasteiger partial charge in [0.1, 0.15) is 12.1 Å². The highest BCUT2D eigenvalue weighted by Gasteiger charge is 2.51. The Morgan fingerprint density at radius 3 is 2.61 bits per heavy atom. The summed E-state index contributed by atoms with van der Waals surface area (Å²) in [4.78, 5) is 11.6. The smallest absolute Gasteiger partial charge is 0.322 e. The number of nitrogens with zero attached hydrogens (tertiary/aromatic N) is 2. The van der Waals surface area contributed by atoms with Gasteiger partial charge in [0, 0.05) is 12.5 Å². The maximum Gasteiger partial charge on any atom is 0.322 e. The number of carbonyl (C=O) groups is 1. The molecular weight excluding hydrogens is 336 g/mol. The fourth-order valence-corrected chi connectivity index (χ4v) is 5.69. The molecule has 1 saturated heterocycles. The lowest BCUT2D eigenvalue weighted by Crippen LogP contribution is -2.60. The first-order valence-corrected chi connectivity index (χ1v) is 9.06. The molecule has 0 unspecified atom stereocenters. The van der Waals surface area contributed by atoms with Gasteiger partial charge in [-0.2, -0.15) is 9.57 Å². The summed E-state index contributed by atoms with van der Waals surface area (Å²) in [6.07, 6.45) is 0. The number of carboxylic acid groups (broad SMARTS) is 1. The van der Waals surface area contributed by atoms with Gasteiger partial charge in [-0.1, -0.05) is 30.3 Å². The predicted molar refractivity (Wildman–Crippen MR) is 83.5 cm³/mol. The van der Waals surface area contributed by atoms with Crippen molar-refractivity contribution < 1.29 is 18.3 Å². The molecule has 0 bridgehead atoms. The van der Waals surface area contributed by atoms with Gasteiger partial charge in [0.05, 0.1) is 5.56 Å². The summed E-state index contributed by atoms with van der Waals surface area (Å²) in [6, 6.07) is 11.1. The summed E-state index contributed by atoms with van der Waals surface area (Å²) < 4.78 is 26.2. The lowest BCUT2D eigenvalue weighted by molar-refractivity contribution is -0.146. The number of aliphatic carboxylic acids is 1. The van der Waals surface area contributed by atoms with Crippen LogP contribution in [0.5, 0.6) is 0 Å². The highest BCUT2D eigenvalue weighted by molar-refractivity contribution is 7.91. The molecule has 6 nitrogen and oxygen atoms in total. The van der Waals surface area contributed by atoms with Gasteiger partial charge in [-0.15, -0.1) is 11.3 Å². The number of rotatable bonds is 4. The second-order valence-corrected chi connectivity index (χ2v) is 8.11. The third-order valence-electron chi connectivity index (χ3n) is 3.84. The van der Waals surface area contributed by atoms with Gasteiger partial charge >= 0.3 is 5.97 Å². The second-order valence-electron chi connectivity index (χ2n) is 5.11. The number of thiophene rings is 1. The molecule has 3 rings (SSSR count). The number of carboxylic acids is 1. The molecule has 1 aromatic heterocycles. The van der Waals surface area contributed by atoms with Crippen molar-refractivity contribution in [1.82, 2.24) is 4.31 Å². The number of hydrogen-bond donors (Lipinski definition) is 1. The van der Waals surface area contributed by atoms with Crippen LogP contribution in [0.3, 0.4) is 0 Å². The van der Waals surface area contributed by atoms with Crippen LogP contribution in [0.15, 0.2) is 46.0 Å². The Bertz CT molecular complexity index is 884. The molecular formula is C15H12N2O4S2. The summed E-state index contributed by atoms with van der Waals surface area (Å²) in [6.45, 7) is 0.0894. The Labute approximate surface area is 137 Å². The molecule has 1 aromatic carbocycles. The van der Waals surface area contributed by atoms with Crippen molar-refractivity contribution in [3.8, 4) is 6.07 Å². The van der Waals surface area contributed by atoms with E-state index in [-0.39, 0.29) is 16.3 Å². The van der Waals surface area contributed by atoms with Crippen molar-refractivity contribution in [1.29, 1.82) is 5.26 Å². The largest absolute Gasteiger partial charge is 0.480 e. The molecule has 0 aliphatic carbocycles. The van der Waals surface area contributed by atoms with Crippen LogP contribution in [0, 0.1) is 11.3 Å². The zero-order valence-electron chi connectivity index (χ0n) is 11.8. The minimum Gasteiger partial charge on any atom is -0.480 e. The quantitative estimate of drug-likeness (QED) is 0.909. The molecule has 1 aliphatic rings. The molecule has 118 valence electrons. The van der Waals surface area contributed by atoms with Crippen molar-refractivity contribution in [2.75, 3.05) is 6.54 Å². The van der Waals surface area contributed by atoms with Crippen LogP contribution >= 0.6 is 11.3 Å². The Kier molecular flexibility index (Phi) is 3.93. The lowest BCUT2D eigenvalue weighted by atomic mass is 9.85. The van der Waals surface area contributed by atoms with E-state index >= 15 is 0 Å². The standard InChI is InChI=1S/C15H12N2O4S2/c16-8-11-6-7-22-15(11)23(20,21)17-9-12(13(17)14(18)19)10-4-2-1-3-5-10/h1-7,12-13H,9H2,(H,18,19)/t12-,13+/m1/s1. The Morgan fingerprint density at radius 1 is 1.30 bits per heavy atom. The van der Waals surface area contributed by atoms with Crippen LogP contribution in [0.25, 0.3) is 0 Å². The molecule has 1 fully saturated rings. The third kappa shape index (κ3) is 2.53. The average molecular weight is 348 g/mol. The Hall–Kier alpha value is -2.21. The number of nitriles is 1. The molecule has 0 radical (unpaired) electrons. The van der Waals surface area contributed by atoms with Crippen LogP contribution in [0.1, 0.15) is 17.0 Å². The SMILES string of the molecule is N#Cc1ccsc1S(=O)(=O)N1C[C@H](c2ccccc2)[C@H]1C(=O)O. The number of benzene rings is 1. The predicted octanol–water partition coefficient (Wildman–Crippen LogP) is 1.86. The van der Waals surface area contributed by atoms with Crippen LogP contribution in [-0.4, -0.2) is 36.4 Å². The van der Waals surface area contributed by atoms with Crippen molar-refractivity contribution in [3.05, 3.63) is 52.9 Å². The fourth-order valence-electron chi connectivity index (χ4n) is 2.69. The van der Waals surface area contributed by atoms with E-state index in [2.05, 4.69) is 0 Å². The summed E-state index contributed by atoms with van der Waals surface area (Å²) >= 11 is 0.924. The molecule has 2 atom stereocenters. The Morgan fingerprint density at radius 2 is 2.00 bits per heavy atom. The molecule has 2 aromatic rings. The van der Waals surface area contributed by atoms with E-state index in [0.29, 0.717) is 0 Å². The van der Waals surface area contributed by atoms with E-state index < -0.39 is 28.0 Å². The molecule has 1 N–H and O–H groups in total. The first-order valence-electron chi connectivity index (χ1n) is 6.74. The zero-order valence-corrected chi connectivity index (χ0v) is 13.4. The van der Waals surface area contributed by atoms with E-state index in [4.69, 9.17) is 5.26 Å². The van der Waals surface area contributed by atoms with Gasteiger partial charge in [0.25, 0.3) is 10.0 Å². The highest BCUT2D eigenvalue weighted by atomic mass is 32.2. The van der Waals surface area contributed by atoms with Gasteiger partial charge in [-0.3, -0.25) is 4.79 Å². The van der Waals surface area contributed by atoms with Crippen molar-refractivity contribution in [2.24, 2.45) is 0 Å². The van der Waals surface area contributed by atoms with Crippen LogP contribution in [0.2, 0.25) is 0 Å². The van der Waals surface area contributed by atoms with Crippen molar-refractivity contribution >= 4 is 27.3 Å². The normalized spacial score (nSPS) is 21.3. The molecule has 0 spiro atoms. The van der Waals surface area contributed by atoms with Crippen LogP contribution in [-0.2, 0) is 14.8 Å².